The Morgan fingerprint density at radius 3 is 3.00 bits per heavy atom. The largest absolute Gasteiger partial charge is 0.316 e. The summed E-state index contributed by atoms with van der Waals surface area (Å²) in [7, 11) is 0. The molecule has 1 unspecified atom stereocenters. The van der Waals surface area contributed by atoms with E-state index in [0.717, 1.165) is 42.5 Å². The summed E-state index contributed by atoms with van der Waals surface area (Å²) in [5.74, 6) is 0.730. The van der Waals surface area contributed by atoms with Gasteiger partial charge in [-0.3, -0.25) is 10.1 Å². The van der Waals surface area contributed by atoms with E-state index >= 15 is 0 Å². The lowest BCUT2D eigenvalue weighted by Crippen LogP contribution is -2.11. The second kappa shape index (κ2) is 4.90. The van der Waals surface area contributed by atoms with Crippen molar-refractivity contribution >= 4 is 0 Å². The Bertz CT molecular complexity index is 526. The van der Waals surface area contributed by atoms with Crippen molar-refractivity contribution in [3.05, 3.63) is 35.7 Å². The van der Waals surface area contributed by atoms with E-state index in [0.29, 0.717) is 0 Å². The quantitative estimate of drug-likeness (QED) is 0.864. The molecule has 1 atom stereocenters. The molecular weight excluding hydrogens is 224 g/mol. The van der Waals surface area contributed by atoms with Crippen molar-refractivity contribution in [3.63, 3.8) is 0 Å². The van der Waals surface area contributed by atoms with Crippen LogP contribution < -0.4 is 5.32 Å². The molecule has 0 spiro atoms. The van der Waals surface area contributed by atoms with Crippen molar-refractivity contribution in [2.45, 2.75) is 19.8 Å². The average molecular weight is 242 g/mol. The fraction of sp³-hybridized carbons (Fsp3) is 0.429. The Morgan fingerprint density at radius 2 is 2.28 bits per heavy atom. The summed E-state index contributed by atoms with van der Waals surface area (Å²) < 4.78 is 0. The van der Waals surface area contributed by atoms with Gasteiger partial charge < -0.3 is 5.32 Å². The molecule has 3 heterocycles. The Labute approximate surface area is 107 Å². The summed E-state index contributed by atoms with van der Waals surface area (Å²) in [5, 5.41) is 10.6. The Kier molecular flexibility index (Phi) is 3.11. The molecule has 0 saturated carbocycles. The van der Waals surface area contributed by atoms with Crippen LogP contribution in [0.5, 0.6) is 0 Å². The lowest BCUT2D eigenvalue weighted by molar-refractivity contribution is 0.572. The van der Waals surface area contributed by atoms with Crippen LogP contribution in [0.3, 0.4) is 0 Å². The van der Waals surface area contributed by atoms with Gasteiger partial charge in [-0.05, 0) is 57.0 Å². The van der Waals surface area contributed by atoms with Crippen LogP contribution in [-0.2, 0) is 6.42 Å². The van der Waals surface area contributed by atoms with E-state index in [2.05, 4.69) is 27.6 Å². The van der Waals surface area contributed by atoms with Crippen LogP contribution in [0.2, 0.25) is 0 Å². The standard InChI is InChI=1S/C14H18N4/c1-10-7-14(18-17-10)13-4-2-3-12(16-13)8-11-5-6-15-9-11/h2-4,7,11,15H,5-6,8-9H2,1H3,(H,17,18). The van der Waals surface area contributed by atoms with Crippen molar-refractivity contribution in [1.82, 2.24) is 20.5 Å². The number of pyridine rings is 1. The van der Waals surface area contributed by atoms with Gasteiger partial charge in [-0.25, -0.2) is 0 Å². The normalized spacial score (nSPS) is 19.3. The number of aromatic nitrogens is 3. The predicted molar refractivity (Wildman–Crippen MR) is 71.2 cm³/mol. The van der Waals surface area contributed by atoms with E-state index < -0.39 is 0 Å². The minimum atomic E-state index is 0.730. The average Bonchev–Trinajstić information content (AvgIpc) is 3.01. The molecule has 0 radical (unpaired) electrons. The monoisotopic (exact) mass is 242 g/mol. The molecular formula is C14H18N4. The third-order valence-electron chi connectivity index (χ3n) is 3.44. The van der Waals surface area contributed by atoms with Gasteiger partial charge in [-0.1, -0.05) is 6.07 Å². The first kappa shape index (κ1) is 11.4. The maximum Gasteiger partial charge on any atom is 0.111 e. The first-order chi connectivity index (χ1) is 8.81. The Hall–Kier alpha value is -1.68. The van der Waals surface area contributed by atoms with E-state index in [4.69, 9.17) is 4.98 Å². The number of hydrogen-bond donors (Lipinski definition) is 2. The van der Waals surface area contributed by atoms with Crippen LogP contribution >= 0.6 is 0 Å². The van der Waals surface area contributed by atoms with Gasteiger partial charge in [0.15, 0.2) is 0 Å². The molecule has 4 heteroatoms. The molecule has 1 aliphatic heterocycles. The SMILES string of the molecule is Cc1cc(-c2cccc(CC3CCNC3)n2)n[nH]1. The van der Waals surface area contributed by atoms with Crippen molar-refractivity contribution in [1.29, 1.82) is 0 Å². The maximum absolute atomic E-state index is 4.71. The molecule has 3 rings (SSSR count). The van der Waals surface area contributed by atoms with Crippen LogP contribution in [0.1, 0.15) is 17.8 Å². The zero-order valence-corrected chi connectivity index (χ0v) is 10.6. The molecule has 2 N–H and O–H groups in total. The topological polar surface area (TPSA) is 53.6 Å². The molecule has 4 nitrogen and oxygen atoms in total. The second-order valence-electron chi connectivity index (χ2n) is 5.01. The van der Waals surface area contributed by atoms with Crippen LogP contribution in [0.25, 0.3) is 11.4 Å². The number of hydrogen-bond acceptors (Lipinski definition) is 3. The summed E-state index contributed by atoms with van der Waals surface area (Å²) in [4.78, 5) is 4.71. The van der Waals surface area contributed by atoms with Crippen molar-refractivity contribution in [3.8, 4) is 11.4 Å². The number of nitrogens with one attached hydrogen (secondary N) is 2. The van der Waals surface area contributed by atoms with Crippen LogP contribution in [0, 0.1) is 12.8 Å². The van der Waals surface area contributed by atoms with E-state index in [-0.39, 0.29) is 0 Å². The number of aromatic amines is 1. The molecule has 18 heavy (non-hydrogen) atoms. The second-order valence-corrected chi connectivity index (χ2v) is 5.01. The van der Waals surface area contributed by atoms with Gasteiger partial charge in [-0.2, -0.15) is 5.10 Å². The van der Waals surface area contributed by atoms with Crippen molar-refractivity contribution in [2.24, 2.45) is 5.92 Å². The van der Waals surface area contributed by atoms with Gasteiger partial charge in [-0.15, -0.1) is 0 Å². The molecule has 1 saturated heterocycles. The number of nitrogens with zero attached hydrogens (tertiary/aromatic N) is 2. The number of aryl methyl sites for hydroxylation is 1. The highest BCUT2D eigenvalue weighted by Gasteiger charge is 2.15. The summed E-state index contributed by atoms with van der Waals surface area (Å²) in [5.41, 5.74) is 4.13. The minimum absolute atomic E-state index is 0.730. The van der Waals surface area contributed by atoms with Crippen molar-refractivity contribution in [2.75, 3.05) is 13.1 Å². The molecule has 2 aromatic rings. The zero-order chi connectivity index (χ0) is 12.4. The van der Waals surface area contributed by atoms with E-state index in [1.165, 1.54) is 12.1 Å². The van der Waals surface area contributed by atoms with Gasteiger partial charge in [0.2, 0.25) is 0 Å². The Morgan fingerprint density at radius 1 is 1.33 bits per heavy atom. The van der Waals surface area contributed by atoms with Gasteiger partial charge in [0.05, 0.1) is 5.69 Å². The highest BCUT2D eigenvalue weighted by Crippen LogP contribution is 2.18. The molecule has 1 aliphatic rings. The lowest BCUT2D eigenvalue weighted by atomic mass is 10.0. The summed E-state index contributed by atoms with van der Waals surface area (Å²) in [6, 6.07) is 8.24. The number of H-pyrrole nitrogens is 1. The minimum Gasteiger partial charge on any atom is -0.316 e. The van der Waals surface area contributed by atoms with Crippen LogP contribution in [0.4, 0.5) is 0 Å². The van der Waals surface area contributed by atoms with Gasteiger partial charge >= 0.3 is 0 Å². The molecule has 0 aromatic carbocycles. The Balaban J connectivity index is 1.80. The maximum atomic E-state index is 4.71. The number of rotatable bonds is 3. The third kappa shape index (κ3) is 2.43. The summed E-state index contributed by atoms with van der Waals surface area (Å²) >= 11 is 0. The highest BCUT2D eigenvalue weighted by molar-refractivity contribution is 5.54. The molecule has 0 amide bonds. The third-order valence-corrected chi connectivity index (χ3v) is 3.44. The molecule has 0 bridgehead atoms. The predicted octanol–water partition coefficient (Wildman–Crippen LogP) is 1.93. The van der Waals surface area contributed by atoms with Gasteiger partial charge in [0, 0.05) is 11.4 Å². The van der Waals surface area contributed by atoms with Crippen LogP contribution in [-0.4, -0.2) is 28.3 Å². The van der Waals surface area contributed by atoms with Gasteiger partial charge in [0.1, 0.15) is 5.69 Å². The zero-order valence-electron chi connectivity index (χ0n) is 10.6. The van der Waals surface area contributed by atoms with Crippen LogP contribution in [0.15, 0.2) is 24.3 Å². The fourth-order valence-corrected chi connectivity index (χ4v) is 2.47. The van der Waals surface area contributed by atoms with E-state index in [1.807, 2.05) is 19.1 Å². The lowest BCUT2D eigenvalue weighted by Gasteiger charge is -2.08. The van der Waals surface area contributed by atoms with Gasteiger partial charge in [0.25, 0.3) is 0 Å². The highest BCUT2D eigenvalue weighted by atomic mass is 15.1. The summed E-state index contributed by atoms with van der Waals surface area (Å²) in [6.07, 6.45) is 2.32. The molecule has 1 fully saturated rings. The smallest absolute Gasteiger partial charge is 0.111 e. The first-order valence-corrected chi connectivity index (χ1v) is 6.50. The molecule has 0 aliphatic carbocycles. The van der Waals surface area contributed by atoms with Crippen molar-refractivity contribution < 1.29 is 0 Å². The summed E-state index contributed by atoms with van der Waals surface area (Å²) in [6.45, 7) is 4.26. The first-order valence-electron chi connectivity index (χ1n) is 6.50. The van der Waals surface area contributed by atoms with E-state index in [1.54, 1.807) is 0 Å². The van der Waals surface area contributed by atoms with E-state index in [9.17, 15) is 0 Å². The molecule has 94 valence electrons. The fourth-order valence-electron chi connectivity index (χ4n) is 2.47. The molecule has 2 aromatic heterocycles.